The summed E-state index contributed by atoms with van der Waals surface area (Å²) in [5.74, 6) is 0.483. The van der Waals surface area contributed by atoms with Gasteiger partial charge in [0, 0.05) is 39.0 Å². The SMILES string of the molecule is CCCC(=O)N1CCC(C(=O)N(C)Cc2ccccc2)CC1. The fraction of sp³-hybridized carbons (Fsp3) is 0.556. The summed E-state index contributed by atoms with van der Waals surface area (Å²) >= 11 is 0. The summed E-state index contributed by atoms with van der Waals surface area (Å²) in [6.45, 7) is 4.10. The van der Waals surface area contributed by atoms with Crippen LogP contribution in [-0.2, 0) is 16.1 Å². The molecule has 0 spiro atoms. The zero-order chi connectivity index (χ0) is 15.9. The van der Waals surface area contributed by atoms with Gasteiger partial charge in [0.25, 0.3) is 0 Å². The van der Waals surface area contributed by atoms with E-state index >= 15 is 0 Å². The van der Waals surface area contributed by atoms with Gasteiger partial charge in [0.2, 0.25) is 11.8 Å². The number of amides is 2. The van der Waals surface area contributed by atoms with Crippen LogP contribution < -0.4 is 0 Å². The van der Waals surface area contributed by atoms with Crippen molar-refractivity contribution in [2.75, 3.05) is 20.1 Å². The van der Waals surface area contributed by atoms with Crippen molar-refractivity contribution in [3.63, 3.8) is 0 Å². The lowest BCUT2D eigenvalue weighted by molar-refractivity contribution is -0.140. The van der Waals surface area contributed by atoms with E-state index in [1.807, 2.05) is 54.1 Å². The average Bonchev–Trinajstić information content (AvgIpc) is 2.55. The summed E-state index contributed by atoms with van der Waals surface area (Å²) in [6, 6.07) is 10.0. The van der Waals surface area contributed by atoms with Crippen LogP contribution in [0.25, 0.3) is 0 Å². The molecule has 0 radical (unpaired) electrons. The molecule has 0 atom stereocenters. The van der Waals surface area contributed by atoms with Gasteiger partial charge in [-0.2, -0.15) is 0 Å². The standard InChI is InChI=1S/C18H26N2O2/c1-3-7-17(21)20-12-10-16(11-13-20)18(22)19(2)14-15-8-5-4-6-9-15/h4-6,8-9,16H,3,7,10-14H2,1-2H3. The molecule has 1 aromatic rings. The summed E-state index contributed by atoms with van der Waals surface area (Å²) in [6.07, 6.45) is 3.07. The zero-order valence-electron chi connectivity index (χ0n) is 13.6. The van der Waals surface area contributed by atoms with Gasteiger partial charge in [-0.05, 0) is 24.8 Å². The summed E-state index contributed by atoms with van der Waals surface area (Å²) < 4.78 is 0. The quantitative estimate of drug-likeness (QED) is 0.839. The molecule has 1 aliphatic rings. The highest BCUT2D eigenvalue weighted by molar-refractivity contribution is 5.80. The number of piperidine rings is 1. The van der Waals surface area contributed by atoms with Crippen molar-refractivity contribution >= 4 is 11.8 Å². The number of benzene rings is 1. The molecular formula is C18H26N2O2. The van der Waals surface area contributed by atoms with Gasteiger partial charge >= 0.3 is 0 Å². The predicted molar refractivity (Wildman–Crippen MR) is 87.1 cm³/mol. The maximum Gasteiger partial charge on any atom is 0.225 e. The highest BCUT2D eigenvalue weighted by Gasteiger charge is 2.28. The van der Waals surface area contributed by atoms with Gasteiger partial charge < -0.3 is 9.80 Å². The van der Waals surface area contributed by atoms with E-state index in [4.69, 9.17) is 0 Å². The number of carbonyl (C=O) groups excluding carboxylic acids is 2. The summed E-state index contributed by atoms with van der Waals surface area (Å²) in [7, 11) is 1.87. The minimum atomic E-state index is 0.0550. The zero-order valence-corrected chi connectivity index (χ0v) is 13.6. The number of likely N-dealkylation sites (tertiary alicyclic amines) is 1. The van der Waals surface area contributed by atoms with Crippen LogP contribution in [0.2, 0.25) is 0 Å². The summed E-state index contributed by atoms with van der Waals surface area (Å²) in [4.78, 5) is 28.1. The molecule has 0 bridgehead atoms. The van der Waals surface area contributed by atoms with Crippen LogP contribution in [0.4, 0.5) is 0 Å². The molecule has 1 heterocycles. The minimum Gasteiger partial charge on any atom is -0.343 e. The lowest BCUT2D eigenvalue weighted by Gasteiger charge is -2.33. The molecule has 22 heavy (non-hydrogen) atoms. The Labute approximate surface area is 133 Å². The monoisotopic (exact) mass is 302 g/mol. The Morgan fingerprint density at radius 1 is 1.18 bits per heavy atom. The largest absolute Gasteiger partial charge is 0.343 e. The second kappa shape index (κ2) is 7.97. The number of carbonyl (C=O) groups is 2. The molecule has 0 aliphatic carbocycles. The highest BCUT2D eigenvalue weighted by Crippen LogP contribution is 2.21. The lowest BCUT2D eigenvalue weighted by Crippen LogP contribution is -2.43. The Bertz CT molecular complexity index is 493. The molecule has 120 valence electrons. The van der Waals surface area contributed by atoms with Crippen LogP contribution in [0, 0.1) is 5.92 Å². The average molecular weight is 302 g/mol. The third kappa shape index (κ3) is 4.33. The Hall–Kier alpha value is -1.84. The second-order valence-corrected chi connectivity index (χ2v) is 6.08. The Morgan fingerprint density at radius 3 is 2.41 bits per heavy atom. The van der Waals surface area contributed by atoms with Crippen molar-refractivity contribution in [1.29, 1.82) is 0 Å². The maximum atomic E-state index is 12.5. The van der Waals surface area contributed by atoms with Gasteiger partial charge in [-0.3, -0.25) is 9.59 Å². The van der Waals surface area contributed by atoms with Crippen LogP contribution in [0.1, 0.15) is 38.2 Å². The molecule has 1 fully saturated rings. The van der Waals surface area contributed by atoms with Crippen LogP contribution in [0.3, 0.4) is 0 Å². The molecule has 2 amide bonds. The first-order chi connectivity index (χ1) is 10.6. The molecule has 2 rings (SSSR count). The van der Waals surface area contributed by atoms with Crippen LogP contribution in [-0.4, -0.2) is 41.8 Å². The molecule has 0 N–H and O–H groups in total. The maximum absolute atomic E-state index is 12.5. The number of rotatable bonds is 5. The normalized spacial score (nSPS) is 15.6. The molecular weight excluding hydrogens is 276 g/mol. The smallest absolute Gasteiger partial charge is 0.225 e. The number of nitrogens with zero attached hydrogens (tertiary/aromatic N) is 2. The van der Waals surface area contributed by atoms with Crippen molar-refractivity contribution in [3.05, 3.63) is 35.9 Å². The fourth-order valence-corrected chi connectivity index (χ4v) is 2.99. The van der Waals surface area contributed by atoms with Crippen LogP contribution in [0.5, 0.6) is 0 Å². The minimum absolute atomic E-state index is 0.0550. The van der Waals surface area contributed by atoms with Gasteiger partial charge in [-0.15, -0.1) is 0 Å². The molecule has 4 nitrogen and oxygen atoms in total. The van der Waals surface area contributed by atoms with Crippen LogP contribution >= 0.6 is 0 Å². The van der Waals surface area contributed by atoms with E-state index in [-0.39, 0.29) is 17.7 Å². The van der Waals surface area contributed by atoms with E-state index in [0.29, 0.717) is 26.1 Å². The topological polar surface area (TPSA) is 40.6 Å². The van der Waals surface area contributed by atoms with Gasteiger partial charge in [-0.1, -0.05) is 37.3 Å². The number of hydrogen-bond donors (Lipinski definition) is 0. The fourth-order valence-electron chi connectivity index (χ4n) is 2.99. The van der Waals surface area contributed by atoms with Crippen molar-refractivity contribution in [3.8, 4) is 0 Å². The Morgan fingerprint density at radius 2 is 1.82 bits per heavy atom. The first kappa shape index (κ1) is 16.5. The molecule has 1 aromatic carbocycles. The number of hydrogen-bond acceptors (Lipinski definition) is 2. The first-order valence-electron chi connectivity index (χ1n) is 8.18. The predicted octanol–water partition coefficient (Wildman–Crippen LogP) is 2.68. The second-order valence-electron chi connectivity index (χ2n) is 6.08. The van der Waals surface area contributed by atoms with Crippen molar-refractivity contribution < 1.29 is 9.59 Å². The van der Waals surface area contributed by atoms with E-state index in [0.717, 1.165) is 24.8 Å². The third-order valence-electron chi connectivity index (χ3n) is 4.30. The van der Waals surface area contributed by atoms with Gasteiger partial charge in [0.05, 0.1) is 0 Å². The summed E-state index contributed by atoms with van der Waals surface area (Å²) in [5.41, 5.74) is 1.15. The van der Waals surface area contributed by atoms with Crippen LogP contribution in [0.15, 0.2) is 30.3 Å². The van der Waals surface area contributed by atoms with Gasteiger partial charge in [-0.25, -0.2) is 0 Å². The molecule has 0 unspecified atom stereocenters. The van der Waals surface area contributed by atoms with E-state index in [1.54, 1.807) is 0 Å². The Balaban J connectivity index is 1.83. The van der Waals surface area contributed by atoms with Crippen molar-refractivity contribution in [1.82, 2.24) is 9.80 Å². The molecule has 1 aliphatic heterocycles. The molecule has 0 saturated carbocycles. The van der Waals surface area contributed by atoms with E-state index in [9.17, 15) is 9.59 Å². The van der Waals surface area contributed by atoms with Gasteiger partial charge in [0.1, 0.15) is 0 Å². The van der Waals surface area contributed by atoms with E-state index < -0.39 is 0 Å². The van der Waals surface area contributed by atoms with E-state index in [2.05, 4.69) is 0 Å². The molecule has 1 saturated heterocycles. The Kier molecular flexibility index (Phi) is 5.99. The van der Waals surface area contributed by atoms with Crippen molar-refractivity contribution in [2.24, 2.45) is 5.92 Å². The first-order valence-corrected chi connectivity index (χ1v) is 8.18. The third-order valence-corrected chi connectivity index (χ3v) is 4.30. The molecule has 0 aromatic heterocycles. The highest BCUT2D eigenvalue weighted by atomic mass is 16.2. The van der Waals surface area contributed by atoms with E-state index in [1.165, 1.54) is 0 Å². The van der Waals surface area contributed by atoms with Gasteiger partial charge in [0.15, 0.2) is 0 Å². The molecule has 4 heteroatoms. The van der Waals surface area contributed by atoms with Crippen molar-refractivity contribution in [2.45, 2.75) is 39.2 Å². The summed E-state index contributed by atoms with van der Waals surface area (Å²) in [5, 5.41) is 0. The lowest BCUT2D eigenvalue weighted by atomic mass is 9.95.